The monoisotopic (exact) mass is 347 g/mol. The van der Waals surface area contributed by atoms with Crippen LogP contribution in [0.4, 0.5) is 5.69 Å². The van der Waals surface area contributed by atoms with E-state index in [1.165, 1.54) is 12.1 Å². The van der Waals surface area contributed by atoms with Crippen molar-refractivity contribution in [2.24, 2.45) is 0 Å². The molecule has 0 saturated heterocycles. The molecule has 0 saturated carbocycles. The van der Waals surface area contributed by atoms with Crippen molar-refractivity contribution in [3.8, 4) is 0 Å². The first kappa shape index (κ1) is 14.7. The van der Waals surface area contributed by atoms with Crippen molar-refractivity contribution in [1.29, 1.82) is 0 Å². The zero-order valence-electron chi connectivity index (χ0n) is 14.4. The smallest absolute Gasteiger partial charge is 0.336 e. The van der Waals surface area contributed by atoms with Gasteiger partial charge in [-0.15, -0.1) is 0 Å². The van der Waals surface area contributed by atoms with Crippen LogP contribution in [0.3, 0.4) is 0 Å². The molecule has 4 rings (SSSR count). The summed E-state index contributed by atoms with van der Waals surface area (Å²) in [6.45, 7) is 0. The predicted molar refractivity (Wildman–Crippen MR) is 97.1 cm³/mol. The van der Waals surface area contributed by atoms with E-state index >= 15 is 0 Å². The number of nitrogens with zero attached hydrogens (tertiary/aromatic N) is 1. The molecule has 1 aliphatic rings. The molecule has 3 N–H and O–H groups in total. The number of pyridine rings is 1. The minimum absolute atomic E-state index is 0.00755. The van der Waals surface area contributed by atoms with Crippen LogP contribution in [-0.4, -0.2) is 27.1 Å². The Morgan fingerprint density at radius 1 is 1.04 bits per heavy atom. The number of carboxylic acids is 2. The highest BCUT2D eigenvalue weighted by Crippen LogP contribution is 2.35. The summed E-state index contributed by atoms with van der Waals surface area (Å²) in [5.74, 6) is -2.31. The summed E-state index contributed by atoms with van der Waals surface area (Å²) < 4.78 is 8.82. The molecule has 6 nitrogen and oxygen atoms in total. The van der Waals surface area contributed by atoms with Gasteiger partial charge in [0.15, 0.2) is 0 Å². The number of carbonyl (C=O) groups is 2. The number of anilines is 1. The summed E-state index contributed by atoms with van der Waals surface area (Å²) in [7, 11) is 0. The number of carboxylic acid groups (broad SMARTS) is 2. The molecule has 3 aromatic rings. The molecular formula is C20H14N2O4. The van der Waals surface area contributed by atoms with Gasteiger partial charge in [0, 0.05) is 16.6 Å². The number of nitrogens with one attached hydrogen (secondary N) is 1. The zero-order valence-corrected chi connectivity index (χ0v) is 13.4. The van der Waals surface area contributed by atoms with E-state index in [0.717, 1.165) is 0 Å². The Kier molecular flexibility index (Phi) is 3.38. The van der Waals surface area contributed by atoms with Crippen LogP contribution in [0.1, 0.15) is 29.0 Å². The molecule has 1 unspecified atom stereocenters. The molecule has 0 fully saturated rings. The molecule has 0 bridgehead atoms. The average molecular weight is 347 g/mol. The van der Waals surface area contributed by atoms with Gasteiger partial charge in [0.1, 0.15) is 0 Å². The number of para-hydroxylation sites is 2. The predicted octanol–water partition coefficient (Wildman–Crippen LogP) is 3.57. The van der Waals surface area contributed by atoms with E-state index in [2.05, 4.69) is 10.3 Å². The quantitative estimate of drug-likeness (QED) is 0.670. The third-order valence-electron chi connectivity index (χ3n) is 4.23. The lowest BCUT2D eigenvalue weighted by Gasteiger charge is -2.25. The van der Waals surface area contributed by atoms with Crippen LogP contribution in [0, 0.1) is 0 Å². The first-order valence-corrected chi connectivity index (χ1v) is 7.86. The van der Waals surface area contributed by atoms with Crippen molar-refractivity contribution in [1.82, 2.24) is 4.98 Å². The Hall–Kier alpha value is -3.67. The molecule has 0 spiro atoms. The van der Waals surface area contributed by atoms with E-state index in [9.17, 15) is 19.8 Å². The Morgan fingerprint density at radius 2 is 1.77 bits per heavy atom. The second kappa shape index (κ2) is 6.00. The molecule has 1 atom stereocenters. The maximum atomic E-state index is 11.7. The minimum atomic E-state index is -1.73. The SMILES string of the molecule is [2H]C1(c2cc(C(=O)O)c3ccccc3n2)C=C(C(=O)O)c2ccccc2N1. The zero-order chi connectivity index (χ0) is 19.2. The van der Waals surface area contributed by atoms with E-state index in [1.54, 1.807) is 48.5 Å². The van der Waals surface area contributed by atoms with Gasteiger partial charge in [-0.05, 0) is 24.3 Å². The lowest BCUT2D eigenvalue weighted by atomic mass is 9.94. The van der Waals surface area contributed by atoms with Gasteiger partial charge in [0.25, 0.3) is 0 Å². The van der Waals surface area contributed by atoms with Crippen molar-refractivity contribution in [3.63, 3.8) is 0 Å². The fraction of sp³-hybridized carbons (Fsp3) is 0.0500. The summed E-state index contributed by atoms with van der Waals surface area (Å²) in [5.41, 5.74) is 1.43. The highest BCUT2D eigenvalue weighted by molar-refractivity contribution is 6.18. The Morgan fingerprint density at radius 3 is 2.54 bits per heavy atom. The van der Waals surface area contributed by atoms with Crippen molar-refractivity contribution < 1.29 is 21.2 Å². The van der Waals surface area contributed by atoms with Crippen LogP contribution in [0.5, 0.6) is 0 Å². The number of hydrogen-bond donors (Lipinski definition) is 3. The number of hydrogen-bond acceptors (Lipinski definition) is 4. The van der Waals surface area contributed by atoms with Crippen molar-refractivity contribution in [2.45, 2.75) is 6.02 Å². The molecule has 2 heterocycles. The number of benzene rings is 2. The maximum absolute atomic E-state index is 11.7. The summed E-state index contributed by atoms with van der Waals surface area (Å²) >= 11 is 0. The lowest BCUT2D eigenvalue weighted by molar-refractivity contribution is -0.130. The first-order valence-electron chi connectivity index (χ1n) is 8.36. The minimum Gasteiger partial charge on any atom is -0.478 e. The number of aliphatic carboxylic acids is 1. The Bertz CT molecular complexity index is 1140. The highest BCUT2D eigenvalue weighted by atomic mass is 16.4. The van der Waals surface area contributed by atoms with Gasteiger partial charge >= 0.3 is 11.9 Å². The lowest BCUT2D eigenvalue weighted by Crippen LogP contribution is -2.19. The van der Waals surface area contributed by atoms with Gasteiger partial charge in [-0.3, -0.25) is 4.98 Å². The number of fused-ring (bicyclic) bond motifs is 2. The van der Waals surface area contributed by atoms with Crippen molar-refractivity contribution in [3.05, 3.63) is 77.5 Å². The van der Waals surface area contributed by atoms with Gasteiger partial charge in [-0.25, -0.2) is 9.59 Å². The van der Waals surface area contributed by atoms with Crippen LogP contribution < -0.4 is 5.32 Å². The molecule has 1 aromatic heterocycles. The third-order valence-corrected chi connectivity index (χ3v) is 4.23. The summed E-state index contributed by atoms with van der Waals surface area (Å²) in [6.07, 6.45) is 1.25. The first-order chi connectivity index (χ1) is 12.9. The average Bonchev–Trinajstić information content (AvgIpc) is 2.66. The van der Waals surface area contributed by atoms with Crippen LogP contribution in [0.2, 0.25) is 0 Å². The number of aromatic nitrogens is 1. The van der Waals surface area contributed by atoms with E-state index < -0.39 is 18.0 Å². The van der Waals surface area contributed by atoms with E-state index in [4.69, 9.17) is 1.37 Å². The summed E-state index contributed by atoms with van der Waals surface area (Å²) in [5, 5.41) is 22.6. The van der Waals surface area contributed by atoms with E-state index in [1.807, 2.05) is 0 Å². The molecule has 1 aliphatic heterocycles. The molecule has 2 aromatic carbocycles. The van der Waals surface area contributed by atoms with Crippen LogP contribution >= 0.6 is 0 Å². The Labute approximate surface area is 149 Å². The summed E-state index contributed by atoms with van der Waals surface area (Å²) in [4.78, 5) is 27.9. The third kappa shape index (κ3) is 2.57. The Balaban J connectivity index is 1.97. The van der Waals surface area contributed by atoms with Gasteiger partial charge in [0.05, 0.1) is 29.7 Å². The number of aromatic carboxylic acids is 1. The second-order valence-electron chi connectivity index (χ2n) is 5.82. The summed E-state index contributed by atoms with van der Waals surface area (Å²) in [6, 6.07) is 13.1. The molecule has 0 radical (unpaired) electrons. The van der Waals surface area contributed by atoms with Gasteiger partial charge in [0.2, 0.25) is 0 Å². The normalized spacial score (nSPS) is 19.1. The van der Waals surface area contributed by atoms with E-state index in [0.29, 0.717) is 22.2 Å². The van der Waals surface area contributed by atoms with Crippen LogP contribution in [0.15, 0.2) is 60.7 Å². The molecule has 128 valence electrons. The fourth-order valence-corrected chi connectivity index (χ4v) is 3.04. The number of rotatable bonds is 3. The van der Waals surface area contributed by atoms with Crippen LogP contribution in [-0.2, 0) is 4.79 Å². The topological polar surface area (TPSA) is 99.5 Å². The molecular weight excluding hydrogens is 332 g/mol. The van der Waals surface area contributed by atoms with Gasteiger partial charge in [-0.2, -0.15) is 0 Å². The van der Waals surface area contributed by atoms with Crippen molar-refractivity contribution >= 4 is 34.1 Å². The molecule has 0 aliphatic carbocycles. The maximum Gasteiger partial charge on any atom is 0.336 e. The molecule has 0 amide bonds. The largest absolute Gasteiger partial charge is 0.478 e. The van der Waals surface area contributed by atoms with Gasteiger partial charge in [-0.1, -0.05) is 36.4 Å². The van der Waals surface area contributed by atoms with Gasteiger partial charge < -0.3 is 15.5 Å². The van der Waals surface area contributed by atoms with Crippen LogP contribution in [0.25, 0.3) is 16.5 Å². The second-order valence-corrected chi connectivity index (χ2v) is 5.82. The molecule has 6 heteroatoms. The molecule has 26 heavy (non-hydrogen) atoms. The van der Waals surface area contributed by atoms with Crippen molar-refractivity contribution in [2.75, 3.05) is 5.32 Å². The van der Waals surface area contributed by atoms with E-state index in [-0.39, 0.29) is 16.8 Å². The fourth-order valence-electron chi connectivity index (χ4n) is 3.04. The highest BCUT2D eigenvalue weighted by Gasteiger charge is 2.25. The standard InChI is InChI=1S/C20H14N2O4/c23-19(24)13-9-17(21-15-7-3-1-5-11(13)15)18-10-14(20(25)26)12-6-2-4-8-16(12)22-18/h1-10,17,21H,(H,23,24)(H,25,26)/i17D.